The monoisotopic (exact) mass is 219 g/mol. The lowest BCUT2D eigenvalue weighted by atomic mass is 10.3. The molecular weight excluding hydrogens is 206 g/mol. The summed E-state index contributed by atoms with van der Waals surface area (Å²) in [6.07, 6.45) is 3.21. The van der Waals surface area contributed by atoms with E-state index in [1.807, 2.05) is 18.9 Å². The maximum Gasteiger partial charge on any atom is 0.266 e. The molecule has 0 saturated carbocycles. The molecule has 0 aliphatic carbocycles. The highest BCUT2D eigenvalue weighted by Gasteiger charge is 2.11. The zero-order chi connectivity index (χ0) is 11.5. The van der Waals surface area contributed by atoms with Crippen molar-refractivity contribution in [3.63, 3.8) is 0 Å². The van der Waals surface area contributed by atoms with Gasteiger partial charge in [0, 0.05) is 26.0 Å². The number of hydrogen-bond acceptors (Lipinski definition) is 6. The van der Waals surface area contributed by atoms with Gasteiger partial charge in [0.1, 0.15) is 0 Å². The van der Waals surface area contributed by atoms with E-state index in [1.54, 1.807) is 18.5 Å². The quantitative estimate of drug-likeness (QED) is 0.834. The number of hydrogen-bond donors (Lipinski definition) is 1. The van der Waals surface area contributed by atoms with E-state index in [9.17, 15) is 0 Å². The Morgan fingerprint density at radius 1 is 1.44 bits per heavy atom. The van der Waals surface area contributed by atoms with E-state index in [2.05, 4.69) is 15.1 Å². The molecule has 2 heterocycles. The van der Waals surface area contributed by atoms with Gasteiger partial charge in [-0.2, -0.15) is 4.98 Å². The summed E-state index contributed by atoms with van der Waals surface area (Å²) < 4.78 is 5.13. The number of aromatic nitrogens is 3. The lowest BCUT2D eigenvalue weighted by molar-refractivity contribution is 0.430. The molecule has 0 aliphatic heterocycles. The fourth-order valence-corrected chi connectivity index (χ4v) is 1.20. The van der Waals surface area contributed by atoms with Gasteiger partial charge in [0.2, 0.25) is 0 Å². The third-order valence-corrected chi connectivity index (χ3v) is 2.24. The molecule has 0 spiro atoms. The molecule has 0 aromatic carbocycles. The highest BCUT2D eigenvalue weighted by Crippen LogP contribution is 2.20. The van der Waals surface area contributed by atoms with Gasteiger partial charge in [-0.3, -0.25) is 4.98 Å². The average molecular weight is 219 g/mol. The maximum atomic E-state index is 5.63. The lowest BCUT2D eigenvalue weighted by Crippen LogP contribution is -2.16. The Balaban J connectivity index is 2.31. The first-order valence-electron chi connectivity index (χ1n) is 4.96. The first-order valence-corrected chi connectivity index (χ1v) is 4.96. The van der Waals surface area contributed by atoms with Crippen LogP contribution in [0.2, 0.25) is 0 Å². The molecule has 0 fully saturated rings. The molecule has 0 atom stereocenters. The van der Waals surface area contributed by atoms with Gasteiger partial charge < -0.3 is 15.2 Å². The number of nitrogens with two attached hydrogens (primary N) is 1. The first-order chi connectivity index (χ1) is 7.70. The van der Waals surface area contributed by atoms with Crippen molar-refractivity contribution in [3.05, 3.63) is 18.5 Å². The van der Waals surface area contributed by atoms with Crippen molar-refractivity contribution in [1.29, 1.82) is 0 Å². The van der Waals surface area contributed by atoms with Crippen LogP contribution in [0.3, 0.4) is 0 Å². The summed E-state index contributed by atoms with van der Waals surface area (Å²) in [4.78, 5) is 10.1. The van der Waals surface area contributed by atoms with E-state index >= 15 is 0 Å². The topological polar surface area (TPSA) is 81.1 Å². The van der Waals surface area contributed by atoms with Gasteiger partial charge in [0.25, 0.3) is 11.8 Å². The molecule has 0 radical (unpaired) electrons. The minimum Gasteiger partial charge on any atom is -0.397 e. The van der Waals surface area contributed by atoms with Crippen LogP contribution >= 0.6 is 0 Å². The van der Waals surface area contributed by atoms with Crippen LogP contribution in [-0.4, -0.2) is 28.7 Å². The van der Waals surface area contributed by atoms with Gasteiger partial charge in [-0.25, -0.2) is 0 Å². The van der Waals surface area contributed by atoms with Gasteiger partial charge in [-0.1, -0.05) is 0 Å². The highest BCUT2D eigenvalue weighted by atomic mass is 16.5. The molecule has 0 unspecified atom stereocenters. The predicted molar refractivity (Wildman–Crippen MR) is 60.9 cm³/mol. The summed E-state index contributed by atoms with van der Waals surface area (Å²) in [7, 11) is 1.90. The van der Waals surface area contributed by atoms with Crippen LogP contribution in [-0.2, 0) is 0 Å². The fourth-order valence-electron chi connectivity index (χ4n) is 1.20. The molecule has 6 heteroatoms. The summed E-state index contributed by atoms with van der Waals surface area (Å²) >= 11 is 0. The molecule has 0 saturated heterocycles. The van der Waals surface area contributed by atoms with Crippen LogP contribution in [0.15, 0.2) is 23.0 Å². The van der Waals surface area contributed by atoms with E-state index in [4.69, 9.17) is 10.3 Å². The Morgan fingerprint density at radius 3 is 2.94 bits per heavy atom. The summed E-state index contributed by atoms with van der Waals surface area (Å²) in [5.41, 5.74) is 6.92. The van der Waals surface area contributed by atoms with Crippen molar-refractivity contribution in [3.8, 4) is 11.5 Å². The zero-order valence-corrected chi connectivity index (χ0v) is 9.21. The van der Waals surface area contributed by atoms with E-state index in [-0.39, 0.29) is 0 Å². The standard InChI is InChI=1S/C10H13N5O/c1-3-15(2)10-13-9(16-14-10)7-4-8(11)6-12-5-7/h4-6H,3,11H2,1-2H3. The largest absolute Gasteiger partial charge is 0.397 e. The SMILES string of the molecule is CCN(C)c1noc(-c2cncc(N)c2)n1. The molecule has 2 aromatic heterocycles. The molecule has 0 amide bonds. The fraction of sp³-hybridized carbons (Fsp3) is 0.300. The van der Waals surface area contributed by atoms with Crippen LogP contribution in [0.5, 0.6) is 0 Å². The van der Waals surface area contributed by atoms with E-state index in [1.165, 1.54) is 0 Å². The molecular formula is C10H13N5O. The summed E-state index contributed by atoms with van der Waals surface area (Å²) in [6, 6.07) is 1.75. The minimum atomic E-state index is 0.426. The average Bonchev–Trinajstić information content (AvgIpc) is 2.77. The van der Waals surface area contributed by atoms with Crippen molar-refractivity contribution < 1.29 is 4.52 Å². The zero-order valence-electron chi connectivity index (χ0n) is 9.21. The number of nitrogens with zero attached hydrogens (tertiary/aromatic N) is 4. The predicted octanol–water partition coefficient (Wildman–Crippen LogP) is 1.17. The minimum absolute atomic E-state index is 0.426. The number of nitrogen functional groups attached to an aromatic ring is 1. The summed E-state index contributed by atoms with van der Waals surface area (Å²) in [5, 5.41) is 3.86. The molecule has 16 heavy (non-hydrogen) atoms. The highest BCUT2D eigenvalue weighted by molar-refractivity contribution is 5.58. The molecule has 0 aliphatic rings. The van der Waals surface area contributed by atoms with Gasteiger partial charge in [-0.05, 0) is 18.1 Å². The Kier molecular flexibility index (Phi) is 2.72. The summed E-state index contributed by atoms with van der Waals surface area (Å²) in [5.74, 6) is 0.982. The second-order valence-electron chi connectivity index (χ2n) is 3.42. The molecule has 6 nitrogen and oxygen atoms in total. The molecule has 2 N–H and O–H groups in total. The summed E-state index contributed by atoms with van der Waals surface area (Å²) in [6.45, 7) is 2.83. The van der Waals surface area contributed by atoms with Gasteiger partial charge in [-0.15, -0.1) is 0 Å². The van der Waals surface area contributed by atoms with Crippen molar-refractivity contribution in [2.75, 3.05) is 24.2 Å². The molecule has 2 aromatic rings. The van der Waals surface area contributed by atoms with Gasteiger partial charge in [0.15, 0.2) is 0 Å². The van der Waals surface area contributed by atoms with E-state index < -0.39 is 0 Å². The normalized spacial score (nSPS) is 10.4. The Bertz CT molecular complexity index is 482. The van der Waals surface area contributed by atoms with Crippen LogP contribution in [0.4, 0.5) is 11.6 Å². The lowest BCUT2D eigenvalue weighted by Gasteiger charge is -2.08. The van der Waals surface area contributed by atoms with Crippen LogP contribution < -0.4 is 10.6 Å². The number of rotatable bonds is 3. The van der Waals surface area contributed by atoms with Gasteiger partial charge in [0.05, 0.1) is 11.3 Å². The van der Waals surface area contributed by atoms with Crippen molar-refractivity contribution >= 4 is 11.6 Å². The maximum absolute atomic E-state index is 5.63. The third kappa shape index (κ3) is 1.95. The molecule has 0 bridgehead atoms. The third-order valence-electron chi connectivity index (χ3n) is 2.24. The first kappa shape index (κ1) is 10.4. The Labute approximate surface area is 93.1 Å². The van der Waals surface area contributed by atoms with Crippen molar-refractivity contribution in [2.24, 2.45) is 0 Å². The van der Waals surface area contributed by atoms with Crippen molar-refractivity contribution in [1.82, 2.24) is 15.1 Å². The Hall–Kier alpha value is -2.11. The van der Waals surface area contributed by atoms with Crippen LogP contribution in [0.1, 0.15) is 6.92 Å². The van der Waals surface area contributed by atoms with Gasteiger partial charge >= 0.3 is 0 Å². The molecule has 2 rings (SSSR count). The van der Waals surface area contributed by atoms with Crippen LogP contribution in [0.25, 0.3) is 11.5 Å². The smallest absolute Gasteiger partial charge is 0.266 e. The van der Waals surface area contributed by atoms with E-state index in [0.29, 0.717) is 17.5 Å². The molecule has 84 valence electrons. The van der Waals surface area contributed by atoms with E-state index in [0.717, 1.165) is 12.1 Å². The Morgan fingerprint density at radius 2 is 2.25 bits per heavy atom. The number of pyridine rings is 1. The van der Waals surface area contributed by atoms with Crippen LogP contribution in [0, 0.1) is 0 Å². The second-order valence-corrected chi connectivity index (χ2v) is 3.42. The second kappa shape index (κ2) is 4.18. The van der Waals surface area contributed by atoms with Crippen molar-refractivity contribution in [2.45, 2.75) is 6.92 Å². The number of anilines is 2.